The van der Waals surface area contributed by atoms with Crippen LogP contribution in [0, 0.1) is 0 Å². The molecule has 0 N–H and O–H groups in total. The smallest absolute Gasteiger partial charge is 0.161 e. The van der Waals surface area contributed by atoms with Crippen molar-refractivity contribution in [3.8, 4) is 5.75 Å². The Hall–Kier alpha value is -1.63. The maximum atomic E-state index is 12.2. The van der Waals surface area contributed by atoms with Gasteiger partial charge in [0.2, 0.25) is 0 Å². The molecule has 6 nitrogen and oxygen atoms in total. The summed E-state index contributed by atoms with van der Waals surface area (Å²) in [6.07, 6.45) is 3.98. The number of aromatic nitrogens is 3. The number of pyridine rings is 1. The fourth-order valence-electron chi connectivity index (χ4n) is 2.47. The standard InChI is InChI=1S/C12H15N3O3S/c1-18-9-5-6-11-13-14-12(15(11)8-9)10-4-2-3-7-19(10,16)17/h5-6,8,10H,2-4,7H2,1H3. The lowest BCUT2D eigenvalue weighted by molar-refractivity contribution is 0.412. The summed E-state index contributed by atoms with van der Waals surface area (Å²) in [7, 11) is -1.55. The van der Waals surface area contributed by atoms with Crippen LogP contribution in [0.3, 0.4) is 0 Å². The second-order valence-electron chi connectivity index (χ2n) is 4.71. The number of hydrogen-bond donors (Lipinski definition) is 0. The molecular formula is C12H15N3O3S. The van der Waals surface area contributed by atoms with Crippen LogP contribution in [-0.4, -0.2) is 35.9 Å². The molecule has 7 heteroatoms. The monoisotopic (exact) mass is 281 g/mol. The van der Waals surface area contributed by atoms with E-state index in [4.69, 9.17) is 4.74 Å². The first-order valence-corrected chi connectivity index (χ1v) is 7.93. The predicted octanol–water partition coefficient (Wildman–Crippen LogP) is 1.38. The Morgan fingerprint density at radius 2 is 2.16 bits per heavy atom. The van der Waals surface area contributed by atoms with Crippen LogP contribution in [0.2, 0.25) is 0 Å². The highest BCUT2D eigenvalue weighted by molar-refractivity contribution is 7.91. The van der Waals surface area contributed by atoms with E-state index >= 15 is 0 Å². The number of ether oxygens (including phenoxy) is 1. The van der Waals surface area contributed by atoms with Gasteiger partial charge in [-0.05, 0) is 25.0 Å². The maximum Gasteiger partial charge on any atom is 0.161 e. The minimum Gasteiger partial charge on any atom is -0.495 e. The quantitative estimate of drug-likeness (QED) is 0.831. The van der Waals surface area contributed by atoms with E-state index in [0.717, 1.165) is 12.8 Å². The van der Waals surface area contributed by atoms with Crippen molar-refractivity contribution in [3.05, 3.63) is 24.2 Å². The van der Waals surface area contributed by atoms with Crippen molar-refractivity contribution in [2.75, 3.05) is 12.9 Å². The zero-order valence-electron chi connectivity index (χ0n) is 10.6. The van der Waals surface area contributed by atoms with E-state index in [-0.39, 0.29) is 5.75 Å². The van der Waals surface area contributed by atoms with Crippen LogP contribution in [0.5, 0.6) is 5.75 Å². The molecule has 0 saturated carbocycles. The number of hydrogen-bond acceptors (Lipinski definition) is 5. The van der Waals surface area contributed by atoms with Gasteiger partial charge in [0.05, 0.1) is 19.1 Å². The number of nitrogens with zero attached hydrogens (tertiary/aromatic N) is 3. The normalized spacial score (nSPS) is 22.5. The molecule has 1 saturated heterocycles. The molecular weight excluding hydrogens is 266 g/mol. The molecule has 0 spiro atoms. The predicted molar refractivity (Wildman–Crippen MR) is 69.9 cm³/mol. The van der Waals surface area contributed by atoms with E-state index in [1.54, 1.807) is 29.8 Å². The van der Waals surface area contributed by atoms with E-state index < -0.39 is 15.1 Å². The lowest BCUT2D eigenvalue weighted by atomic mass is 10.2. The van der Waals surface area contributed by atoms with Crippen LogP contribution in [-0.2, 0) is 9.84 Å². The summed E-state index contributed by atoms with van der Waals surface area (Å²) >= 11 is 0. The van der Waals surface area contributed by atoms with Gasteiger partial charge >= 0.3 is 0 Å². The fraction of sp³-hybridized carbons (Fsp3) is 0.500. The van der Waals surface area contributed by atoms with Gasteiger partial charge < -0.3 is 4.74 Å². The Kier molecular flexibility index (Phi) is 2.93. The average molecular weight is 281 g/mol. The summed E-state index contributed by atoms with van der Waals surface area (Å²) < 4.78 is 31.2. The van der Waals surface area contributed by atoms with Crippen molar-refractivity contribution in [1.29, 1.82) is 0 Å². The lowest BCUT2D eigenvalue weighted by Crippen LogP contribution is -2.23. The topological polar surface area (TPSA) is 73.6 Å². The van der Waals surface area contributed by atoms with Crippen molar-refractivity contribution in [1.82, 2.24) is 14.6 Å². The van der Waals surface area contributed by atoms with Crippen LogP contribution in [0.15, 0.2) is 18.3 Å². The van der Waals surface area contributed by atoms with Gasteiger partial charge in [0, 0.05) is 0 Å². The summed E-state index contributed by atoms with van der Waals surface area (Å²) in [5, 5.41) is 7.54. The highest BCUT2D eigenvalue weighted by Crippen LogP contribution is 2.32. The SMILES string of the molecule is COc1ccc2nnc(C3CCCCS3(=O)=O)n2c1. The van der Waals surface area contributed by atoms with Gasteiger partial charge in [-0.15, -0.1) is 10.2 Å². The van der Waals surface area contributed by atoms with Gasteiger partial charge in [0.15, 0.2) is 21.3 Å². The van der Waals surface area contributed by atoms with Gasteiger partial charge in [-0.25, -0.2) is 8.42 Å². The van der Waals surface area contributed by atoms with Gasteiger partial charge in [-0.3, -0.25) is 4.40 Å². The van der Waals surface area contributed by atoms with Crippen molar-refractivity contribution in [3.63, 3.8) is 0 Å². The second-order valence-corrected chi connectivity index (χ2v) is 7.01. The van der Waals surface area contributed by atoms with E-state index in [2.05, 4.69) is 10.2 Å². The summed E-state index contributed by atoms with van der Waals surface area (Å²) in [5.41, 5.74) is 0.636. The van der Waals surface area contributed by atoms with Gasteiger partial charge in [-0.2, -0.15) is 0 Å². The van der Waals surface area contributed by atoms with E-state index in [0.29, 0.717) is 23.6 Å². The first-order valence-electron chi connectivity index (χ1n) is 6.22. The Morgan fingerprint density at radius 1 is 1.32 bits per heavy atom. The molecule has 1 unspecified atom stereocenters. The Morgan fingerprint density at radius 3 is 2.89 bits per heavy atom. The van der Waals surface area contributed by atoms with E-state index in [1.165, 1.54) is 0 Å². The van der Waals surface area contributed by atoms with Crippen LogP contribution in [0.1, 0.15) is 30.3 Å². The van der Waals surface area contributed by atoms with Gasteiger partial charge in [0.25, 0.3) is 0 Å². The molecule has 0 bridgehead atoms. The highest BCUT2D eigenvalue weighted by Gasteiger charge is 2.33. The third-order valence-electron chi connectivity index (χ3n) is 3.50. The number of rotatable bonds is 2. The molecule has 102 valence electrons. The summed E-state index contributed by atoms with van der Waals surface area (Å²) in [6, 6.07) is 3.55. The van der Waals surface area contributed by atoms with Crippen LogP contribution in [0.4, 0.5) is 0 Å². The summed E-state index contributed by atoms with van der Waals surface area (Å²) in [4.78, 5) is 0. The van der Waals surface area contributed by atoms with Crippen molar-refractivity contribution in [2.24, 2.45) is 0 Å². The van der Waals surface area contributed by atoms with Crippen LogP contribution < -0.4 is 4.74 Å². The molecule has 1 aliphatic rings. The minimum atomic E-state index is -3.12. The molecule has 0 radical (unpaired) electrons. The molecule has 0 aliphatic carbocycles. The van der Waals surface area contributed by atoms with Crippen molar-refractivity contribution < 1.29 is 13.2 Å². The Bertz CT molecular complexity index is 708. The maximum absolute atomic E-state index is 12.2. The van der Waals surface area contributed by atoms with Gasteiger partial charge in [-0.1, -0.05) is 6.42 Å². The molecule has 1 atom stereocenters. The molecule has 1 aliphatic heterocycles. The summed E-state index contributed by atoms with van der Waals surface area (Å²) in [6.45, 7) is 0. The minimum absolute atomic E-state index is 0.233. The van der Waals surface area contributed by atoms with Crippen molar-refractivity contribution in [2.45, 2.75) is 24.5 Å². The molecule has 0 amide bonds. The molecule has 2 aromatic heterocycles. The zero-order chi connectivity index (χ0) is 13.5. The molecule has 0 aromatic carbocycles. The third-order valence-corrected chi connectivity index (χ3v) is 5.68. The van der Waals surface area contributed by atoms with E-state index in [1.807, 2.05) is 0 Å². The first kappa shape index (κ1) is 12.4. The highest BCUT2D eigenvalue weighted by atomic mass is 32.2. The van der Waals surface area contributed by atoms with E-state index in [9.17, 15) is 8.42 Å². The largest absolute Gasteiger partial charge is 0.495 e. The van der Waals surface area contributed by atoms with Crippen molar-refractivity contribution >= 4 is 15.5 Å². The molecule has 3 heterocycles. The Balaban J connectivity index is 2.14. The molecule has 19 heavy (non-hydrogen) atoms. The second kappa shape index (κ2) is 4.48. The number of fused-ring (bicyclic) bond motifs is 1. The average Bonchev–Trinajstić information content (AvgIpc) is 2.81. The first-order chi connectivity index (χ1) is 9.12. The lowest BCUT2D eigenvalue weighted by Gasteiger charge is -2.20. The van der Waals surface area contributed by atoms with Crippen LogP contribution >= 0.6 is 0 Å². The number of sulfone groups is 1. The summed E-state index contributed by atoms with van der Waals surface area (Å²) in [5.74, 6) is 1.38. The Labute approximate surface area is 111 Å². The number of methoxy groups -OCH3 is 1. The molecule has 1 fully saturated rings. The third kappa shape index (κ3) is 2.07. The fourth-order valence-corrected chi connectivity index (χ4v) is 4.37. The molecule has 2 aromatic rings. The van der Waals surface area contributed by atoms with Gasteiger partial charge in [0.1, 0.15) is 11.0 Å². The zero-order valence-corrected chi connectivity index (χ0v) is 11.4. The molecule has 3 rings (SSSR count). The van der Waals surface area contributed by atoms with Crippen LogP contribution in [0.25, 0.3) is 5.65 Å².